The van der Waals surface area contributed by atoms with Gasteiger partial charge in [0.15, 0.2) is 12.2 Å². The average molecular weight is 1510 g/mol. The highest BCUT2D eigenvalue weighted by molar-refractivity contribution is 7.47. The van der Waals surface area contributed by atoms with Crippen molar-refractivity contribution in [2.24, 2.45) is 11.8 Å². The number of phosphoric acid groups is 2. The van der Waals surface area contributed by atoms with Gasteiger partial charge in [0.05, 0.1) is 26.4 Å². The molecule has 0 heterocycles. The third-order valence-corrected chi connectivity index (χ3v) is 21.6. The molecule has 0 rings (SSSR count). The highest BCUT2D eigenvalue weighted by Gasteiger charge is 2.30. The first-order chi connectivity index (χ1) is 49.9. The largest absolute Gasteiger partial charge is 0.472 e. The van der Waals surface area contributed by atoms with Crippen LogP contribution < -0.4 is 0 Å². The highest BCUT2D eigenvalue weighted by Crippen LogP contribution is 2.45. The number of hydrogen-bond donors (Lipinski definition) is 3. The monoisotopic (exact) mass is 1510 g/mol. The molecule has 5 atom stereocenters. The minimum atomic E-state index is -4.96. The number of unbranched alkanes of at least 4 members (excludes halogenated alkanes) is 53. The predicted octanol–water partition coefficient (Wildman–Crippen LogP) is 25.5. The fraction of sp³-hybridized carbons (Fsp3) is 0.952. The van der Waals surface area contributed by atoms with Gasteiger partial charge in [0.1, 0.15) is 19.3 Å². The topological polar surface area (TPSA) is 237 Å². The van der Waals surface area contributed by atoms with E-state index < -0.39 is 97.5 Å². The van der Waals surface area contributed by atoms with Gasteiger partial charge in [-0.3, -0.25) is 37.3 Å². The number of aliphatic hydroxyl groups is 1. The molecule has 0 spiro atoms. The summed E-state index contributed by atoms with van der Waals surface area (Å²) in [5, 5.41) is 10.7. The Hall–Kier alpha value is -1.94. The summed E-state index contributed by atoms with van der Waals surface area (Å²) in [4.78, 5) is 73.2. The molecule has 0 aromatic carbocycles. The van der Waals surface area contributed by atoms with Gasteiger partial charge in [-0.2, -0.15) is 0 Å². The average Bonchev–Trinajstić information content (AvgIpc) is 0.921. The maximum absolute atomic E-state index is 13.1. The van der Waals surface area contributed by atoms with E-state index in [1.807, 2.05) is 0 Å². The lowest BCUT2D eigenvalue weighted by Gasteiger charge is -2.21. The molecular formula is C84H164O17P2. The van der Waals surface area contributed by atoms with Crippen molar-refractivity contribution in [3.63, 3.8) is 0 Å². The number of esters is 4. The zero-order valence-electron chi connectivity index (χ0n) is 67.6. The molecule has 0 amide bonds. The van der Waals surface area contributed by atoms with Gasteiger partial charge in [-0.15, -0.1) is 0 Å². The maximum atomic E-state index is 13.1. The number of rotatable bonds is 83. The van der Waals surface area contributed by atoms with Crippen LogP contribution in [-0.2, 0) is 65.4 Å². The second-order valence-electron chi connectivity index (χ2n) is 31.2. The van der Waals surface area contributed by atoms with Gasteiger partial charge < -0.3 is 33.8 Å². The summed E-state index contributed by atoms with van der Waals surface area (Å²) in [7, 11) is -9.92. The van der Waals surface area contributed by atoms with Crippen LogP contribution >= 0.6 is 15.6 Å². The lowest BCUT2D eigenvalue weighted by Crippen LogP contribution is -2.30. The Labute approximate surface area is 632 Å². The second kappa shape index (κ2) is 75.5. The molecule has 0 radical (unpaired) electrons. The van der Waals surface area contributed by atoms with Gasteiger partial charge in [-0.05, 0) is 37.5 Å². The smallest absolute Gasteiger partial charge is 0.462 e. The molecule has 0 aliphatic heterocycles. The van der Waals surface area contributed by atoms with Crippen molar-refractivity contribution in [3.8, 4) is 0 Å². The van der Waals surface area contributed by atoms with Crippen LogP contribution in [0.3, 0.4) is 0 Å². The molecule has 0 saturated carbocycles. The van der Waals surface area contributed by atoms with E-state index >= 15 is 0 Å². The predicted molar refractivity (Wildman–Crippen MR) is 423 cm³/mol. The molecular weight excluding hydrogens is 1340 g/mol. The van der Waals surface area contributed by atoms with Crippen LogP contribution in [0, 0.1) is 11.8 Å². The van der Waals surface area contributed by atoms with Gasteiger partial charge in [0.2, 0.25) is 0 Å². The van der Waals surface area contributed by atoms with E-state index in [9.17, 15) is 43.2 Å². The Morgan fingerprint density at radius 2 is 0.447 bits per heavy atom. The second-order valence-corrected chi connectivity index (χ2v) is 34.1. The van der Waals surface area contributed by atoms with Crippen molar-refractivity contribution >= 4 is 39.5 Å². The van der Waals surface area contributed by atoms with E-state index in [0.717, 1.165) is 102 Å². The van der Waals surface area contributed by atoms with E-state index in [1.54, 1.807) is 0 Å². The van der Waals surface area contributed by atoms with Crippen LogP contribution in [0.5, 0.6) is 0 Å². The van der Waals surface area contributed by atoms with Crippen molar-refractivity contribution in [3.05, 3.63) is 0 Å². The molecule has 0 aliphatic rings. The Balaban J connectivity index is 5.24. The van der Waals surface area contributed by atoms with Gasteiger partial charge in [0.25, 0.3) is 0 Å². The number of carbonyl (C=O) groups is 4. The van der Waals surface area contributed by atoms with Crippen molar-refractivity contribution < 1.29 is 80.2 Å². The lowest BCUT2D eigenvalue weighted by molar-refractivity contribution is -0.161. The van der Waals surface area contributed by atoms with Crippen LogP contribution in [0.15, 0.2) is 0 Å². The first-order valence-electron chi connectivity index (χ1n) is 43.5. The Morgan fingerprint density at radius 1 is 0.262 bits per heavy atom. The van der Waals surface area contributed by atoms with Crippen molar-refractivity contribution in [2.45, 2.75) is 464 Å². The summed E-state index contributed by atoms with van der Waals surface area (Å²) in [6.45, 7) is 9.68. The molecule has 2 unspecified atom stereocenters. The Bertz CT molecular complexity index is 1980. The van der Waals surface area contributed by atoms with E-state index in [1.165, 1.54) is 263 Å². The van der Waals surface area contributed by atoms with Crippen LogP contribution in [0.2, 0.25) is 0 Å². The molecule has 0 saturated heterocycles. The summed E-state index contributed by atoms with van der Waals surface area (Å²) in [6, 6.07) is 0. The van der Waals surface area contributed by atoms with E-state index in [-0.39, 0.29) is 25.7 Å². The van der Waals surface area contributed by atoms with E-state index in [0.29, 0.717) is 25.7 Å². The van der Waals surface area contributed by atoms with Crippen molar-refractivity contribution in [1.82, 2.24) is 0 Å². The van der Waals surface area contributed by atoms with Gasteiger partial charge in [0, 0.05) is 25.7 Å². The number of ether oxygens (including phenoxy) is 4. The number of hydrogen-bond acceptors (Lipinski definition) is 15. The minimum Gasteiger partial charge on any atom is -0.462 e. The zero-order chi connectivity index (χ0) is 75.6. The zero-order valence-corrected chi connectivity index (χ0v) is 69.4. The van der Waals surface area contributed by atoms with Crippen LogP contribution in [0.4, 0.5) is 0 Å². The SMILES string of the molecule is CCCCCCCCCCCCCCCCCC(=O)OC[C@H](COP(=O)(O)OC[C@@H](O)COP(=O)(O)OC[C@@H](COC(=O)CCCCCCCCCCCC(C)C)OC(=O)CCCCCCCCCCCCCCCCC)OC(=O)CCCCCCCCCCCCCCCCCCCCC(C)C. The summed E-state index contributed by atoms with van der Waals surface area (Å²) in [5.74, 6) is -0.538. The number of aliphatic hydroxyl groups excluding tert-OH is 1. The van der Waals surface area contributed by atoms with E-state index in [2.05, 4.69) is 41.5 Å². The van der Waals surface area contributed by atoms with Gasteiger partial charge in [-0.25, -0.2) is 9.13 Å². The molecule has 3 N–H and O–H groups in total. The third-order valence-electron chi connectivity index (χ3n) is 19.7. The summed E-state index contributed by atoms with van der Waals surface area (Å²) >= 11 is 0. The van der Waals surface area contributed by atoms with Crippen LogP contribution in [0.25, 0.3) is 0 Å². The highest BCUT2D eigenvalue weighted by atomic mass is 31.2. The van der Waals surface area contributed by atoms with Gasteiger partial charge >= 0.3 is 39.5 Å². The molecule has 0 aromatic rings. The van der Waals surface area contributed by atoms with Gasteiger partial charge in [-0.1, -0.05) is 395 Å². The third kappa shape index (κ3) is 78.0. The fourth-order valence-electron chi connectivity index (χ4n) is 13.1. The van der Waals surface area contributed by atoms with Crippen molar-refractivity contribution in [2.75, 3.05) is 39.6 Å². The number of carbonyl (C=O) groups excluding carboxylic acids is 4. The Morgan fingerprint density at radius 3 is 0.660 bits per heavy atom. The van der Waals surface area contributed by atoms with E-state index in [4.69, 9.17) is 37.0 Å². The quantitative estimate of drug-likeness (QED) is 0.0222. The molecule has 0 fully saturated rings. The first-order valence-corrected chi connectivity index (χ1v) is 46.5. The molecule has 612 valence electrons. The normalized spacial score (nSPS) is 13.9. The summed E-state index contributed by atoms with van der Waals surface area (Å²) in [6.07, 6.45) is 66.6. The minimum absolute atomic E-state index is 0.108. The fourth-order valence-corrected chi connectivity index (χ4v) is 14.6. The summed E-state index contributed by atoms with van der Waals surface area (Å²) < 4.78 is 68.8. The lowest BCUT2D eigenvalue weighted by atomic mass is 10.0. The Kier molecular flexibility index (Phi) is 74.1. The first kappa shape index (κ1) is 101. The van der Waals surface area contributed by atoms with Crippen LogP contribution in [0.1, 0.15) is 446 Å². The molecule has 0 aliphatic carbocycles. The van der Waals surface area contributed by atoms with Crippen molar-refractivity contribution in [1.29, 1.82) is 0 Å². The van der Waals surface area contributed by atoms with Crippen LogP contribution in [-0.4, -0.2) is 96.7 Å². The molecule has 103 heavy (non-hydrogen) atoms. The number of phosphoric ester groups is 2. The molecule has 19 heteroatoms. The standard InChI is InChI=1S/C84H164O17P2/c1-7-9-11-13-15-17-19-21-27-32-36-42-48-54-60-66-81(86)94-72-79(100-84(89)69-63-57-51-44-38-34-30-26-24-23-25-29-31-35-40-46-52-58-64-76(3)4)74-98-102(90,91)96-70-78(85)71-97-103(92,93)99-75-80(73-95-82(87)67-61-55-49-45-39-41-47-53-59-65-77(5)6)101-83(88)68-62-56-50-43-37-33-28-22-20-18-16-14-12-10-8-2/h76-80,85H,7-75H2,1-6H3,(H,90,91)(H,92,93)/t78-,79-,80-/m1/s1. The molecule has 17 nitrogen and oxygen atoms in total. The molecule has 0 bridgehead atoms. The molecule has 0 aromatic heterocycles. The summed E-state index contributed by atoms with van der Waals surface area (Å²) in [5.41, 5.74) is 0. The maximum Gasteiger partial charge on any atom is 0.472 e.